The van der Waals surface area contributed by atoms with E-state index in [2.05, 4.69) is 172 Å². The van der Waals surface area contributed by atoms with Crippen molar-refractivity contribution in [3.63, 3.8) is 0 Å². The Hall–Kier alpha value is -5.60. The molecule has 234 valence electrons. The zero-order chi connectivity index (χ0) is 32.8. The van der Waals surface area contributed by atoms with Crippen molar-refractivity contribution in [1.29, 1.82) is 0 Å². The van der Waals surface area contributed by atoms with Crippen molar-refractivity contribution in [3.05, 3.63) is 168 Å². The molecular formula is C46H39NO. The molecule has 7 aromatic rings. The summed E-state index contributed by atoms with van der Waals surface area (Å²) in [5.74, 6) is 0. The Morgan fingerprint density at radius 3 is 2.04 bits per heavy atom. The zero-order valence-corrected chi connectivity index (χ0v) is 28.0. The molecule has 0 saturated carbocycles. The van der Waals surface area contributed by atoms with Gasteiger partial charge in [0.05, 0.1) is 0 Å². The van der Waals surface area contributed by atoms with Crippen molar-refractivity contribution < 1.29 is 4.42 Å². The van der Waals surface area contributed by atoms with E-state index in [0.717, 1.165) is 45.4 Å². The molecule has 6 aromatic carbocycles. The van der Waals surface area contributed by atoms with Crippen LogP contribution in [0.25, 0.3) is 49.8 Å². The molecule has 1 aliphatic rings. The van der Waals surface area contributed by atoms with Crippen LogP contribution in [0.3, 0.4) is 0 Å². The van der Waals surface area contributed by atoms with E-state index in [1.807, 2.05) is 12.1 Å². The maximum atomic E-state index is 6.09. The van der Waals surface area contributed by atoms with E-state index >= 15 is 0 Å². The van der Waals surface area contributed by atoms with Crippen LogP contribution >= 0.6 is 0 Å². The summed E-state index contributed by atoms with van der Waals surface area (Å²) < 4.78 is 6.09. The Morgan fingerprint density at radius 2 is 1.27 bits per heavy atom. The Kier molecular flexibility index (Phi) is 7.37. The average molecular weight is 622 g/mol. The fourth-order valence-electron chi connectivity index (χ4n) is 7.47. The summed E-state index contributed by atoms with van der Waals surface area (Å²) in [7, 11) is 0. The van der Waals surface area contributed by atoms with E-state index in [0.29, 0.717) is 0 Å². The highest BCUT2D eigenvalue weighted by Gasteiger charge is 2.35. The fourth-order valence-corrected chi connectivity index (χ4v) is 7.47. The molecule has 0 atom stereocenters. The third-order valence-corrected chi connectivity index (χ3v) is 9.89. The van der Waals surface area contributed by atoms with E-state index in [4.69, 9.17) is 4.42 Å². The third kappa shape index (κ3) is 4.96. The van der Waals surface area contributed by atoms with Crippen LogP contribution in [0, 0.1) is 0 Å². The molecule has 0 radical (unpaired) electrons. The van der Waals surface area contributed by atoms with Crippen molar-refractivity contribution in [2.24, 2.45) is 0 Å². The van der Waals surface area contributed by atoms with Crippen LogP contribution in [-0.4, -0.2) is 0 Å². The number of allylic oxidation sites excluding steroid dienone is 4. The molecule has 0 unspecified atom stereocenters. The summed E-state index contributed by atoms with van der Waals surface area (Å²) in [6.45, 7) is 8.95. The molecule has 2 nitrogen and oxygen atoms in total. The summed E-state index contributed by atoms with van der Waals surface area (Å²) in [6, 6.07) is 48.5. The first-order chi connectivity index (χ1) is 23.5. The first kappa shape index (κ1) is 29.8. The number of benzene rings is 6. The van der Waals surface area contributed by atoms with Crippen LogP contribution in [-0.2, 0) is 5.41 Å². The van der Waals surface area contributed by atoms with E-state index in [1.54, 1.807) is 0 Å². The summed E-state index contributed by atoms with van der Waals surface area (Å²) in [5.41, 5.74) is 15.4. The van der Waals surface area contributed by atoms with Gasteiger partial charge in [0.1, 0.15) is 11.2 Å². The number of furan rings is 1. The summed E-state index contributed by atoms with van der Waals surface area (Å²) >= 11 is 0. The number of hydrogen-bond donors (Lipinski definition) is 0. The molecular weight excluding hydrogens is 583 g/mol. The topological polar surface area (TPSA) is 16.4 Å². The van der Waals surface area contributed by atoms with Gasteiger partial charge in [0.15, 0.2) is 0 Å². The minimum atomic E-state index is -0.0798. The van der Waals surface area contributed by atoms with Gasteiger partial charge in [0.25, 0.3) is 0 Å². The van der Waals surface area contributed by atoms with Crippen molar-refractivity contribution in [3.8, 4) is 22.3 Å². The lowest BCUT2D eigenvalue weighted by atomic mass is 9.82. The van der Waals surface area contributed by atoms with Gasteiger partial charge in [-0.25, -0.2) is 0 Å². The second-order valence-electron chi connectivity index (χ2n) is 13.2. The molecule has 0 spiro atoms. The average Bonchev–Trinajstić information content (AvgIpc) is 3.60. The summed E-state index contributed by atoms with van der Waals surface area (Å²) in [6.07, 6.45) is 7.59. The maximum Gasteiger partial charge on any atom is 0.135 e. The molecule has 0 fully saturated rings. The molecule has 1 aliphatic carbocycles. The lowest BCUT2D eigenvalue weighted by molar-refractivity contribution is 0.660. The van der Waals surface area contributed by atoms with Crippen LogP contribution in [0.15, 0.2) is 156 Å². The fraction of sp³-hybridized carbons (Fsp3) is 0.130. The second kappa shape index (κ2) is 11.9. The molecule has 0 aliphatic heterocycles. The van der Waals surface area contributed by atoms with Gasteiger partial charge < -0.3 is 9.32 Å². The highest BCUT2D eigenvalue weighted by Crippen LogP contribution is 2.50. The Balaban J connectivity index is 1.22. The Labute approximate surface area is 283 Å². The minimum absolute atomic E-state index is 0.0798. The van der Waals surface area contributed by atoms with Crippen molar-refractivity contribution >= 4 is 44.6 Å². The Morgan fingerprint density at radius 1 is 0.625 bits per heavy atom. The van der Waals surface area contributed by atoms with Gasteiger partial charge in [-0.1, -0.05) is 118 Å². The lowest BCUT2D eigenvalue weighted by Crippen LogP contribution is -2.16. The number of anilines is 3. The zero-order valence-electron chi connectivity index (χ0n) is 28.0. The summed E-state index contributed by atoms with van der Waals surface area (Å²) in [4.78, 5) is 2.39. The van der Waals surface area contributed by atoms with E-state index in [9.17, 15) is 0 Å². The van der Waals surface area contributed by atoms with Gasteiger partial charge in [-0.05, 0) is 112 Å². The molecule has 48 heavy (non-hydrogen) atoms. The quantitative estimate of drug-likeness (QED) is 0.165. The minimum Gasteiger partial charge on any atom is -0.456 e. The molecule has 0 N–H and O–H groups in total. The van der Waals surface area contributed by atoms with Gasteiger partial charge in [0, 0.05) is 33.2 Å². The number of nitrogens with zero attached hydrogens (tertiary/aromatic N) is 1. The third-order valence-electron chi connectivity index (χ3n) is 9.89. The molecule has 1 aromatic heterocycles. The molecule has 0 bridgehead atoms. The normalized spacial score (nSPS) is 13.7. The van der Waals surface area contributed by atoms with Crippen LogP contribution < -0.4 is 4.90 Å². The predicted octanol–water partition coefficient (Wildman–Crippen LogP) is 13.4. The van der Waals surface area contributed by atoms with Crippen molar-refractivity contribution in [2.75, 3.05) is 4.90 Å². The van der Waals surface area contributed by atoms with Gasteiger partial charge in [0.2, 0.25) is 0 Å². The highest BCUT2D eigenvalue weighted by atomic mass is 16.3. The first-order valence-corrected chi connectivity index (χ1v) is 17.0. The molecule has 0 saturated heterocycles. The summed E-state index contributed by atoms with van der Waals surface area (Å²) in [5, 5.41) is 2.29. The highest BCUT2D eigenvalue weighted by molar-refractivity contribution is 6.06. The van der Waals surface area contributed by atoms with E-state index in [-0.39, 0.29) is 5.41 Å². The molecule has 2 heteroatoms. The van der Waals surface area contributed by atoms with Crippen LogP contribution in [0.1, 0.15) is 50.8 Å². The van der Waals surface area contributed by atoms with Gasteiger partial charge >= 0.3 is 0 Å². The maximum absolute atomic E-state index is 6.09. The smallest absolute Gasteiger partial charge is 0.135 e. The largest absolute Gasteiger partial charge is 0.456 e. The van der Waals surface area contributed by atoms with Crippen LogP contribution in [0.4, 0.5) is 17.1 Å². The van der Waals surface area contributed by atoms with Crippen LogP contribution in [0.5, 0.6) is 0 Å². The molecule has 0 amide bonds. The molecule has 8 rings (SSSR count). The van der Waals surface area contributed by atoms with Gasteiger partial charge in [-0.3, -0.25) is 0 Å². The predicted molar refractivity (Wildman–Crippen MR) is 204 cm³/mol. The number of para-hydroxylation sites is 1. The number of hydrogen-bond acceptors (Lipinski definition) is 2. The van der Waals surface area contributed by atoms with E-state index in [1.165, 1.54) is 44.5 Å². The SMILES string of the molecule is C/C=C\C(=C/CC)c1ccc(N(c2ccc(-c3ccc4oc5ccccc5c4c3)cc2)c2ccc3c(c2)C(C)(C)c2ccccc2-3)cc1. The first-order valence-electron chi connectivity index (χ1n) is 17.0. The standard InChI is InChI=1S/C46H39NO/c1-5-11-31(12-6-2)32-17-22-35(23-18-32)47(37-26-27-39-38-13-7-9-15-42(38)46(3,4)43(39)30-37)36-24-19-33(20-25-36)34-21-28-45-41(29-34)40-14-8-10-16-44(40)48-45/h5,7-30H,6H2,1-4H3/b11-5-,31-12+. The van der Waals surface area contributed by atoms with Crippen molar-refractivity contribution in [2.45, 2.75) is 39.5 Å². The van der Waals surface area contributed by atoms with Crippen molar-refractivity contribution in [1.82, 2.24) is 0 Å². The monoisotopic (exact) mass is 621 g/mol. The van der Waals surface area contributed by atoms with E-state index < -0.39 is 0 Å². The Bertz CT molecular complexity index is 2350. The number of rotatable bonds is 7. The van der Waals surface area contributed by atoms with Crippen LogP contribution in [0.2, 0.25) is 0 Å². The van der Waals surface area contributed by atoms with Gasteiger partial charge in [-0.2, -0.15) is 0 Å². The number of fused-ring (bicyclic) bond motifs is 6. The second-order valence-corrected chi connectivity index (χ2v) is 13.2. The molecule has 1 heterocycles. The van der Waals surface area contributed by atoms with Gasteiger partial charge in [-0.15, -0.1) is 0 Å². The lowest BCUT2D eigenvalue weighted by Gasteiger charge is -2.28.